The Kier molecular flexibility index (Phi) is 11.0. The van der Waals surface area contributed by atoms with Crippen LogP contribution in [0.2, 0.25) is 0 Å². The molecule has 0 bridgehead atoms. The molecule has 2 heterocycles. The first kappa shape index (κ1) is 39.7. The molecule has 0 saturated heterocycles. The van der Waals surface area contributed by atoms with Crippen LogP contribution in [-0.4, -0.2) is 60.9 Å². The van der Waals surface area contributed by atoms with E-state index >= 15 is 0 Å². The molecule has 2 unspecified atom stereocenters. The first-order valence-electron chi connectivity index (χ1n) is 17.5. The highest BCUT2D eigenvalue weighted by Gasteiger charge is 2.63. The Labute approximate surface area is 331 Å². The quantitative estimate of drug-likeness (QED) is 0.112. The fraction of sp³-hybridized carbons (Fsp3) is 0.237. The number of fused-ring (bicyclic) bond motifs is 2. The van der Waals surface area contributed by atoms with E-state index in [2.05, 4.69) is 20.0 Å². The Balaban J connectivity index is 1.17. The van der Waals surface area contributed by atoms with Gasteiger partial charge in [0.15, 0.2) is 0 Å². The van der Waals surface area contributed by atoms with Crippen molar-refractivity contribution in [3.63, 3.8) is 0 Å². The molecule has 7 rings (SSSR count). The maximum Gasteiger partial charge on any atom is 0.330 e. The molecule has 6 aromatic rings. The topological polar surface area (TPSA) is 154 Å². The predicted octanol–water partition coefficient (Wildman–Crippen LogP) is 6.54. The summed E-state index contributed by atoms with van der Waals surface area (Å²) in [7, 11) is -4.99. The standard InChI is InChI=1S/C38H33F4N7O5S3/c1-3-48(27-5-7-33-30(16-27)43-19-55-33)35(50)32(11-21-9-23(39)14-24(40)10-21)46-57(53,54)47-37(52)45-38(18-29(38)22-12-25(41)15-26(42)13-22)36(51)49(4-2)28-6-8-34-31(17-28)44-20-56-34/h5-10,12-17,19-20,29,32,46H,3-4,11,18H2,1-2H3,(H2,45,47,52)/t29?,32-,38?/m0/s1. The first-order valence-corrected chi connectivity index (χ1v) is 20.8. The van der Waals surface area contributed by atoms with Crippen molar-refractivity contribution < 1.29 is 40.4 Å². The number of anilines is 2. The summed E-state index contributed by atoms with van der Waals surface area (Å²) in [5.74, 6) is -6.24. The highest BCUT2D eigenvalue weighted by atomic mass is 32.2. The van der Waals surface area contributed by atoms with E-state index < -0.39 is 75.2 Å². The van der Waals surface area contributed by atoms with Gasteiger partial charge in [-0.15, -0.1) is 22.7 Å². The van der Waals surface area contributed by atoms with E-state index in [9.17, 15) is 40.4 Å². The minimum absolute atomic E-state index is 0.0498. The number of amides is 4. The van der Waals surface area contributed by atoms with Crippen molar-refractivity contribution in [3.8, 4) is 0 Å². The third kappa shape index (κ3) is 8.46. The maximum absolute atomic E-state index is 14.4. The van der Waals surface area contributed by atoms with Crippen molar-refractivity contribution in [2.75, 3.05) is 22.9 Å². The Morgan fingerprint density at radius 3 is 1.86 bits per heavy atom. The minimum Gasteiger partial charge on any atom is -0.322 e. The summed E-state index contributed by atoms with van der Waals surface area (Å²) in [5.41, 5.74) is 3.35. The second-order valence-corrected chi connectivity index (χ2v) is 16.5. The van der Waals surface area contributed by atoms with Gasteiger partial charge in [-0.05, 0) is 98.5 Å². The van der Waals surface area contributed by atoms with Crippen molar-refractivity contribution in [1.29, 1.82) is 0 Å². The fourth-order valence-corrected chi connectivity index (χ4v) is 9.18. The highest BCUT2D eigenvalue weighted by molar-refractivity contribution is 7.88. The highest BCUT2D eigenvalue weighted by Crippen LogP contribution is 2.53. The van der Waals surface area contributed by atoms with Crippen LogP contribution >= 0.6 is 22.7 Å². The van der Waals surface area contributed by atoms with Crippen LogP contribution in [0.3, 0.4) is 0 Å². The van der Waals surface area contributed by atoms with Crippen LogP contribution in [0.15, 0.2) is 83.8 Å². The van der Waals surface area contributed by atoms with Gasteiger partial charge in [0.2, 0.25) is 5.91 Å². The number of carbonyl (C=O) groups is 3. The number of urea groups is 1. The molecule has 296 valence electrons. The number of aromatic nitrogens is 2. The van der Waals surface area contributed by atoms with Crippen molar-refractivity contribution >= 4 is 82.5 Å². The van der Waals surface area contributed by atoms with E-state index in [0.29, 0.717) is 34.5 Å². The summed E-state index contributed by atoms with van der Waals surface area (Å²) in [6.45, 7) is 3.47. The minimum atomic E-state index is -4.99. The second kappa shape index (κ2) is 15.8. The molecule has 1 fully saturated rings. The maximum atomic E-state index is 14.4. The Morgan fingerprint density at radius 1 is 0.789 bits per heavy atom. The van der Waals surface area contributed by atoms with E-state index in [0.717, 1.165) is 33.7 Å². The smallest absolute Gasteiger partial charge is 0.322 e. The number of nitrogens with one attached hydrogen (secondary N) is 3. The van der Waals surface area contributed by atoms with E-state index in [-0.39, 0.29) is 30.6 Å². The predicted molar refractivity (Wildman–Crippen MR) is 209 cm³/mol. The van der Waals surface area contributed by atoms with Crippen molar-refractivity contribution in [2.24, 2.45) is 0 Å². The number of thiazole rings is 2. The van der Waals surface area contributed by atoms with E-state index in [1.54, 1.807) is 66.0 Å². The number of hydrogen-bond donors (Lipinski definition) is 3. The Bertz CT molecular complexity index is 2600. The van der Waals surface area contributed by atoms with Crippen LogP contribution in [0.1, 0.15) is 37.3 Å². The van der Waals surface area contributed by atoms with Gasteiger partial charge in [0, 0.05) is 42.5 Å². The zero-order valence-electron chi connectivity index (χ0n) is 30.1. The molecule has 4 amide bonds. The Hall–Kier alpha value is -5.50. The van der Waals surface area contributed by atoms with Gasteiger partial charge < -0.3 is 15.1 Å². The summed E-state index contributed by atoms with van der Waals surface area (Å²) < 4.78 is 90.3. The second-order valence-electron chi connectivity index (χ2n) is 13.3. The summed E-state index contributed by atoms with van der Waals surface area (Å²) in [4.78, 5) is 53.4. The number of likely N-dealkylation sites (N-methyl/N-ethyl adjacent to an activating group) is 2. The van der Waals surface area contributed by atoms with E-state index in [1.807, 2.05) is 0 Å². The van der Waals surface area contributed by atoms with Gasteiger partial charge in [-0.3, -0.25) is 9.59 Å². The lowest BCUT2D eigenvalue weighted by Crippen LogP contribution is -2.58. The number of rotatable bonds is 13. The Morgan fingerprint density at radius 2 is 1.32 bits per heavy atom. The summed E-state index contributed by atoms with van der Waals surface area (Å²) in [5, 5.41) is 2.45. The zero-order chi connectivity index (χ0) is 40.6. The molecule has 4 aromatic carbocycles. The summed E-state index contributed by atoms with van der Waals surface area (Å²) in [6.07, 6.45) is -0.679. The molecule has 57 heavy (non-hydrogen) atoms. The number of hydrogen-bond acceptors (Lipinski definition) is 9. The SMILES string of the molecule is CCN(C(=O)[C@H](Cc1cc(F)cc(F)c1)NS(=O)(=O)NC(=O)NC1(C(=O)N(CC)c2ccc3scnc3c2)CC1c1cc(F)cc(F)c1)c1ccc2scnc2c1. The summed E-state index contributed by atoms with van der Waals surface area (Å²) in [6, 6.07) is 12.2. The van der Waals surface area contributed by atoms with E-state index in [1.165, 1.54) is 32.5 Å². The van der Waals surface area contributed by atoms with Crippen molar-refractivity contribution in [3.05, 3.63) is 118 Å². The number of nitrogens with zero attached hydrogens (tertiary/aromatic N) is 4. The number of benzene rings is 4. The zero-order valence-corrected chi connectivity index (χ0v) is 32.6. The van der Waals surface area contributed by atoms with Crippen molar-refractivity contribution in [2.45, 2.75) is 44.2 Å². The van der Waals surface area contributed by atoms with Crippen LogP contribution < -0.4 is 24.6 Å². The normalized spacial score (nSPS) is 17.0. The third-order valence-corrected chi connectivity index (χ3v) is 12.2. The molecule has 12 nitrogen and oxygen atoms in total. The van der Waals surface area contributed by atoms with Crippen LogP contribution in [0, 0.1) is 23.3 Å². The molecule has 2 aromatic heterocycles. The van der Waals surface area contributed by atoms with Crippen molar-refractivity contribution in [1.82, 2.24) is 24.7 Å². The van der Waals surface area contributed by atoms with Gasteiger partial charge >= 0.3 is 16.2 Å². The summed E-state index contributed by atoms with van der Waals surface area (Å²) >= 11 is 2.77. The van der Waals surface area contributed by atoms with E-state index in [4.69, 9.17) is 0 Å². The van der Waals surface area contributed by atoms with Gasteiger partial charge in [-0.25, -0.2) is 37.0 Å². The van der Waals surface area contributed by atoms with Crippen LogP contribution in [0.4, 0.5) is 33.7 Å². The van der Waals surface area contributed by atoms with Crippen LogP contribution in [0.25, 0.3) is 20.4 Å². The van der Waals surface area contributed by atoms with Gasteiger partial charge in [-0.1, -0.05) is 0 Å². The molecule has 1 aliphatic rings. The molecule has 0 radical (unpaired) electrons. The molecule has 3 N–H and O–H groups in total. The van der Waals surface area contributed by atoms with Gasteiger partial charge in [0.1, 0.15) is 34.8 Å². The third-order valence-electron chi connectivity index (χ3n) is 9.55. The lowest BCUT2D eigenvalue weighted by atomic mass is 10.0. The molecule has 3 atom stereocenters. The lowest BCUT2D eigenvalue weighted by molar-refractivity contribution is -0.121. The molecule has 19 heteroatoms. The molecule has 1 saturated carbocycles. The number of halogens is 4. The largest absolute Gasteiger partial charge is 0.330 e. The van der Waals surface area contributed by atoms with Crippen LogP contribution in [0.5, 0.6) is 0 Å². The molecule has 0 spiro atoms. The molecular weight excluding hydrogens is 807 g/mol. The number of carbonyl (C=O) groups excluding carboxylic acids is 3. The lowest BCUT2D eigenvalue weighted by Gasteiger charge is -2.29. The first-order chi connectivity index (χ1) is 27.2. The average Bonchev–Trinajstić information content (AvgIpc) is 3.42. The molecule has 0 aliphatic heterocycles. The average molecular weight is 840 g/mol. The monoisotopic (exact) mass is 839 g/mol. The molecule has 1 aliphatic carbocycles. The van der Waals surface area contributed by atoms with Gasteiger partial charge in [-0.2, -0.15) is 13.1 Å². The van der Waals surface area contributed by atoms with Gasteiger partial charge in [0.05, 0.1) is 31.5 Å². The van der Waals surface area contributed by atoms with Crippen LogP contribution in [-0.2, 0) is 26.2 Å². The fourth-order valence-electron chi connectivity index (χ4n) is 6.95. The van der Waals surface area contributed by atoms with Gasteiger partial charge in [0.25, 0.3) is 5.91 Å². The molecular formula is C38H33F4N7O5S3.